The molecular weight excluding hydrogens is 228 g/mol. The number of amides is 1. The molecule has 1 aromatic heterocycles. The molecule has 0 saturated carbocycles. The number of unbranched alkanes of at least 4 members (excludes halogenated alkanes) is 2. The number of thiazole rings is 1. The smallest absolute Gasteiger partial charge is 0.303 e. The Hall–Kier alpha value is -1.43. The highest BCUT2D eigenvalue weighted by Gasteiger charge is 2.05. The van der Waals surface area contributed by atoms with Gasteiger partial charge >= 0.3 is 5.97 Å². The molecule has 0 bridgehead atoms. The number of aliphatic carboxylic acids is 1. The van der Waals surface area contributed by atoms with E-state index in [2.05, 4.69) is 10.3 Å². The van der Waals surface area contributed by atoms with Crippen LogP contribution in [0.2, 0.25) is 0 Å². The second-order valence-corrected chi connectivity index (χ2v) is 4.21. The molecule has 0 aliphatic rings. The zero-order valence-electron chi connectivity index (χ0n) is 8.81. The van der Waals surface area contributed by atoms with Crippen LogP contribution < -0.4 is 5.32 Å². The van der Waals surface area contributed by atoms with Gasteiger partial charge in [-0.3, -0.25) is 14.6 Å². The number of nitrogens with one attached hydrogen (secondary N) is 1. The quantitative estimate of drug-likeness (QED) is 0.710. The van der Waals surface area contributed by atoms with Crippen molar-refractivity contribution in [3.8, 4) is 0 Å². The van der Waals surface area contributed by atoms with Crippen molar-refractivity contribution in [2.45, 2.75) is 25.7 Å². The first-order valence-electron chi connectivity index (χ1n) is 5.08. The molecule has 0 aromatic carbocycles. The molecule has 0 radical (unpaired) electrons. The summed E-state index contributed by atoms with van der Waals surface area (Å²) in [4.78, 5) is 26.0. The Bertz CT molecular complexity index is 338. The predicted octanol–water partition coefficient (Wildman–Crippen LogP) is 1.52. The van der Waals surface area contributed by atoms with Crippen LogP contribution in [-0.4, -0.2) is 28.5 Å². The number of carboxylic acid groups (broad SMARTS) is 1. The van der Waals surface area contributed by atoms with Crippen molar-refractivity contribution in [1.82, 2.24) is 10.3 Å². The molecule has 5 nitrogen and oxygen atoms in total. The van der Waals surface area contributed by atoms with Crippen LogP contribution in [0.3, 0.4) is 0 Å². The first kappa shape index (κ1) is 12.6. The Morgan fingerprint density at radius 3 is 2.81 bits per heavy atom. The molecule has 0 unspecified atom stereocenters. The summed E-state index contributed by atoms with van der Waals surface area (Å²) in [5.41, 5.74) is 1.61. The van der Waals surface area contributed by atoms with E-state index in [0.29, 0.717) is 17.8 Å². The zero-order valence-corrected chi connectivity index (χ0v) is 9.63. The number of hydrogen-bond acceptors (Lipinski definition) is 4. The number of carboxylic acids is 1. The topological polar surface area (TPSA) is 79.3 Å². The van der Waals surface area contributed by atoms with Gasteiger partial charge in [0.15, 0.2) is 0 Å². The average molecular weight is 242 g/mol. The predicted molar refractivity (Wildman–Crippen MR) is 60.6 cm³/mol. The number of rotatable bonds is 7. The Morgan fingerprint density at radius 2 is 2.19 bits per heavy atom. The Labute approximate surface area is 97.5 Å². The molecular formula is C10H14N2O3S. The molecule has 0 atom stereocenters. The van der Waals surface area contributed by atoms with E-state index in [4.69, 9.17) is 5.11 Å². The number of carbonyl (C=O) groups is 2. The molecule has 2 N–H and O–H groups in total. The van der Waals surface area contributed by atoms with Crippen LogP contribution in [0.4, 0.5) is 0 Å². The molecule has 0 saturated heterocycles. The van der Waals surface area contributed by atoms with Gasteiger partial charge in [-0.2, -0.15) is 0 Å². The maximum atomic E-state index is 11.4. The number of hydrogen-bond donors (Lipinski definition) is 2. The maximum absolute atomic E-state index is 11.4. The molecule has 0 aliphatic carbocycles. The Balaban J connectivity index is 2.03. The van der Waals surface area contributed by atoms with E-state index < -0.39 is 5.97 Å². The van der Waals surface area contributed by atoms with Crippen molar-refractivity contribution in [2.75, 3.05) is 6.54 Å². The molecule has 0 spiro atoms. The van der Waals surface area contributed by atoms with E-state index in [-0.39, 0.29) is 12.3 Å². The van der Waals surface area contributed by atoms with Crippen LogP contribution in [0.15, 0.2) is 11.7 Å². The fourth-order valence-electron chi connectivity index (χ4n) is 1.19. The van der Waals surface area contributed by atoms with Crippen molar-refractivity contribution >= 4 is 23.2 Å². The van der Waals surface area contributed by atoms with Crippen molar-refractivity contribution in [2.24, 2.45) is 0 Å². The first-order valence-corrected chi connectivity index (χ1v) is 5.96. The van der Waals surface area contributed by atoms with Gasteiger partial charge in [0.25, 0.3) is 5.91 Å². The molecule has 1 aromatic rings. The third-order valence-corrected chi connectivity index (χ3v) is 2.78. The highest BCUT2D eigenvalue weighted by Crippen LogP contribution is 2.05. The van der Waals surface area contributed by atoms with Crippen molar-refractivity contribution < 1.29 is 14.7 Å². The minimum atomic E-state index is -0.770. The second-order valence-electron chi connectivity index (χ2n) is 3.33. The maximum Gasteiger partial charge on any atom is 0.303 e. The van der Waals surface area contributed by atoms with E-state index in [1.54, 1.807) is 5.51 Å². The molecule has 0 aliphatic heterocycles. The van der Waals surface area contributed by atoms with Crippen LogP contribution in [0.1, 0.15) is 35.4 Å². The lowest BCUT2D eigenvalue weighted by Gasteiger charge is -2.02. The summed E-state index contributed by atoms with van der Waals surface area (Å²) in [6, 6.07) is 0. The van der Waals surface area contributed by atoms with Gasteiger partial charge in [0.2, 0.25) is 0 Å². The second kappa shape index (κ2) is 6.95. The number of nitrogens with zero attached hydrogens (tertiary/aromatic N) is 1. The van der Waals surface area contributed by atoms with E-state index >= 15 is 0 Å². The minimum absolute atomic E-state index is 0.110. The third-order valence-electron chi connectivity index (χ3n) is 2.01. The largest absolute Gasteiger partial charge is 0.481 e. The van der Waals surface area contributed by atoms with Crippen molar-refractivity contribution in [3.05, 3.63) is 16.6 Å². The molecule has 88 valence electrons. The number of aromatic nitrogens is 1. The highest BCUT2D eigenvalue weighted by atomic mass is 32.1. The highest BCUT2D eigenvalue weighted by molar-refractivity contribution is 7.11. The summed E-state index contributed by atoms with van der Waals surface area (Å²) in [6.07, 6.45) is 4.01. The fraction of sp³-hybridized carbons (Fsp3) is 0.500. The Kier molecular flexibility index (Phi) is 5.49. The van der Waals surface area contributed by atoms with Crippen LogP contribution in [0, 0.1) is 0 Å². The van der Waals surface area contributed by atoms with Crippen molar-refractivity contribution in [1.29, 1.82) is 0 Å². The normalized spacial score (nSPS) is 10.0. The first-order chi connectivity index (χ1) is 7.70. The molecule has 1 heterocycles. The number of carbonyl (C=O) groups excluding carboxylic acids is 1. The average Bonchev–Trinajstić information content (AvgIpc) is 2.75. The van der Waals surface area contributed by atoms with E-state index in [0.717, 1.165) is 12.8 Å². The van der Waals surface area contributed by atoms with E-state index in [9.17, 15) is 9.59 Å². The van der Waals surface area contributed by atoms with E-state index in [1.807, 2.05) is 0 Å². The van der Waals surface area contributed by atoms with Gasteiger partial charge in [-0.15, -0.1) is 11.3 Å². The summed E-state index contributed by atoms with van der Waals surface area (Å²) in [5, 5.41) is 11.2. The third kappa shape index (κ3) is 4.88. The monoisotopic (exact) mass is 242 g/mol. The molecule has 0 fully saturated rings. The molecule has 1 amide bonds. The standard InChI is InChI=1S/C10H14N2O3S/c13-9(14)4-2-1-3-5-12-10(15)8-6-11-7-16-8/h6-7H,1-5H2,(H,12,15)(H,13,14). The zero-order chi connectivity index (χ0) is 11.8. The Morgan fingerprint density at radius 1 is 1.38 bits per heavy atom. The lowest BCUT2D eigenvalue weighted by molar-refractivity contribution is -0.137. The lowest BCUT2D eigenvalue weighted by Crippen LogP contribution is -2.23. The summed E-state index contributed by atoms with van der Waals surface area (Å²) >= 11 is 1.30. The summed E-state index contributed by atoms with van der Waals surface area (Å²) < 4.78 is 0. The van der Waals surface area contributed by atoms with Gasteiger partial charge < -0.3 is 10.4 Å². The van der Waals surface area contributed by atoms with Gasteiger partial charge in [0, 0.05) is 13.0 Å². The fourth-order valence-corrected chi connectivity index (χ4v) is 1.73. The molecule has 16 heavy (non-hydrogen) atoms. The van der Waals surface area contributed by atoms with Gasteiger partial charge in [0.1, 0.15) is 4.88 Å². The minimum Gasteiger partial charge on any atom is -0.481 e. The van der Waals surface area contributed by atoms with Crippen LogP contribution in [-0.2, 0) is 4.79 Å². The van der Waals surface area contributed by atoms with Gasteiger partial charge in [-0.25, -0.2) is 0 Å². The summed E-state index contributed by atoms with van der Waals surface area (Å²) in [5.74, 6) is -0.880. The molecule has 1 rings (SSSR count). The van der Waals surface area contributed by atoms with Crippen LogP contribution >= 0.6 is 11.3 Å². The van der Waals surface area contributed by atoms with Crippen LogP contribution in [0.25, 0.3) is 0 Å². The lowest BCUT2D eigenvalue weighted by atomic mass is 10.2. The van der Waals surface area contributed by atoms with Gasteiger partial charge in [-0.1, -0.05) is 6.42 Å². The SMILES string of the molecule is O=C(O)CCCCCNC(=O)c1cncs1. The molecule has 6 heteroatoms. The summed E-state index contributed by atoms with van der Waals surface area (Å²) in [6.45, 7) is 0.580. The van der Waals surface area contributed by atoms with Crippen LogP contribution in [0.5, 0.6) is 0 Å². The van der Waals surface area contributed by atoms with Gasteiger partial charge in [0.05, 0.1) is 11.7 Å². The van der Waals surface area contributed by atoms with E-state index in [1.165, 1.54) is 17.5 Å². The van der Waals surface area contributed by atoms with Gasteiger partial charge in [-0.05, 0) is 12.8 Å². The summed E-state index contributed by atoms with van der Waals surface area (Å²) in [7, 11) is 0. The van der Waals surface area contributed by atoms with Crippen molar-refractivity contribution in [3.63, 3.8) is 0 Å².